The molecule has 2 amide bonds. The Hall–Kier alpha value is -1.78. The zero-order valence-electron chi connectivity index (χ0n) is 10.0. The fourth-order valence-corrected chi connectivity index (χ4v) is 1.62. The first-order chi connectivity index (χ1) is 8.06. The minimum Gasteiger partial charge on any atom is -0.466 e. The van der Waals surface area contributed by atoms with Crippen molar-refractivity contribution in [3.05, 3.63) is 23.2 Å². The Balaban J connectivity index is 1.84. The third kappa shape index (κ3) is 3.09. The summed E-state index contributed by atoms with van der Waals surface area (Å²) < 4.78 is 5.26. The van der Waals surface area contributed by atoms with Crippen molar-refractivity contribution in [2.75, 3.05) is 6.54 Å². The summed E-state index contributed by atoms with van der Waals surface area (Å²) in [5, 5.41) is 5.38. The van der Waals surface area contributed by atoms with Gasteiger partial charge in [-0.15, -0.1) is 0 Å². The summed E-state index contributed by atoms with van der Waals surface area (Å²) in [6.45, 7) is 3.52. The molecular formula is C12H16N2O3. The second kappa shape index (κ2) is 4.61. The average molecular weight is 236 g/mol. The van der Waals surface area contributed by atoms with E-state index >= 15 is 0 Å². The predicted molar refractivity (Wildman–Crippen MR) is 61.7 cm³/mol. The van der Waals surface area contributed by atoms with Gasteiger partial charge in [-0.25, -0.2) is 0 Å². The van der Waals surface area contributed by atoms with E-state index in [1.165, 1.54) is 0 Å². The average Bonchev–Trinajstić information content (AvgIpc) is 3.00. The van der Waals surface area contributed by atoms with E-state index in [-0.39, 0.29) is 18.4 Å². The highest BCUT2D eigenvalue weighted by molar-refractivity contribution is 5.97. The summed E-state index contributed by atoms with van der Waals surface area (Å²) in [7, 11) is 0. The molecular weight excluding hydrogens is 220 g/mol. The maximum atomic E-state index is 11.7. The summed E-state index contributed by atoms with van der Waals surface area (Å²) in [5.74, 6) is 0.849. The van der Waals surface area contributed by atoms with Gasteiger partial charge in [0, 0.05) is 6.04 Å². The molecule has 1 aliphatic carbocycles. The molecule has 5 nitrogen and oxygen atoms in total. The third-order valence-corrected chi connectivity index (χ3v) is 2.64. The molecule has 0 bridgehead atoms. The summed E-state index contributed by atoms with van der Waals surface area (Å²) in [4.78, 5) is 23.1. The van der Waals surface area contributed by atoms with Crippen LogP contribution in [0.15, 0.2) is 10.5 Å². The van der Waals surface area contributed by atoms with Crippen LogP contribution in [0.3, 0.4) is 0 Å². The Kier molecular flexibility index (Phi) is 3.17. The number of furan rings is 1. The van der Waals surface area contributed by atoms with E-state index in [0.717, 1.165) is 12.8 Å². The predicted octanol–water partition coefficient (Wildman–Crippen LogP) is 0.905. The lowest BCUT2D eigenvalue weighted by Crippen LogP contribution is -2.37. The Morgan fingerprint density at radius 2 is 2.12 bits per heavy atom. The summed E-state index contributed by atoms with van der Waals surface area (Å²) in [5.41, 5.74) is 0.488. The highest BCUT2D eigenvalue weighted by Crippen LogP contribution is 2.18. The van der Waals surface area contributed by atoms with Crippen molar-refractivity contribution in [3.63, 3.8) is 0 Å². The van der Waals surface area contributed by atoms with E-state index in [1.807, 2.05) is 0 Å². The molecule has 2 N–H and O–H groups in total. The first kappa shape index (κ1) is 11.7. The summed E-state index contributed by atoms with van der Waals surface area (Å²) in [6.07, 6.45) is 2.08. The monoisotopic (exact) mass is 236 g/mol. The van der Waals surface area contributed by atoms with Crippen LogP contribution in [0.1, 0.15) is 34.7 Å². The lowest BCUT2D eigenvalue weighted by molar-refractivity contribution is -0.120. The van der Waals surface area contributed by atoms with Crippen molar-refractivity contribution in [1.82, 2.24) is 10.6 Å². The molecule has 92 valence electrons. The van der Waals surface area contributed by atoms with Gasteiger partial charge < -0.3 is 15.1 Å². The number of nitrogens with one attached hydrogen (secondary N) is 2. The standard InChI is InChI=1S/C12H16N2O3/c1-7-5-10(8(2)17-7)12(16)13-6-11(15)14-9-3-4-9/h5,9H,3-4,6H2,1-2H3,(H,13,16)(H,14,15). The maximum Gasteiger partial charge on any atom is 0.255 e. The Labute approximate surface area is 99.6 Å². The molecule has 0 spiro atoms. The molecule has 1 fully saturated rings. The molecule has 0 unspecified atom stereocenters. The molecule has 1 aromatic heterocycles. The van der Waals surface area contributed by atoms with Gasteiger partial charge in [0.25, 0.3) is 5.91 Å². The van der Waals surface area contributed by atoms with E-state index in [4.69, 9.17) is 4.42 Å². The van der Waals surface area contributed by atoms with Crippen LogP contribution in [0.25, 0.3) is 0 Å². The number of rotatable bonds is 4. The second-order valence-corrected chi connectivity index (χ2v) is 4.35. The van der Waals surface area contributed by atoms with Gasteiger partial charge in [0.1, 0.15) is 11.5 Å². The molecule has 1 aromatic rings. The van der Waals surface area contributed by atoms with E-state index in [2.05, 4.69) is 10.6 Å². The molecule has 0 radical (unpaired) electrons. The van der Waals surface area contributed by atoms with Gasteiger partial charge in [-0.1, -0.05) is 0 Å². The van der Waals surface area contributed by atoms with Crippen molar-refractivity contribution in [2.45, 2.75) is 32.7 Å². The summed E-state index contributed by atoms with van der Waals surface area (Å²) in [6, 6.07) is 1.99. The minimum absolute atomic E-state index is 0.0129. The summed E-state index contributed by atoms with van der Waals surface area (Å²) >= 11 is 0. The Bertz CT molecular complexity index is 447. The Morgan fingerprint density at radius 1 is 1.41 bits per heavy atom. The minimum atomic E-state index is -0.273. The number of hydrogen-bond acceptors (Lipinski definition) is 3. The zero-order valence-corrected chi connectivity index (χ0v) is 10.0. The second-order valence-electron chi connectivity index (χ2n) is 4.35. The van der Waals surface area contributed by atoms with Crippen molar-refractivity contribution < 1.29 is 14.0 Å². The number of hydrogen-bond donors (Lipinski definition) is 2. The number of carbonyl (C=O) groups excluding carboxylic acids is 2. The molecule has 1 aliphatic rings. The molecule has 17 heavy (non-hydrogen) atoms. The Morgan fingerprint density at radius 3 is 2.65 bits per heavy atom. The van der Waals surface area contributed by atoms with Crippen LogP contribution in [-0.2, 0) is 4.79 Å². The van der Waals surface area contributed by atoms with E-state index in [1.54, 1.807) is 19.9 Å². The van der Waals surface area contributed by atoms with Crippen molar-refractivity contribution in [1.29, 1.82) is 0 Å². The SMILES string of the molecule is Cc1cc(C(=O)NCC(=O)NC2CC2)c(C)o1. The molecule has 0 atom stereocenters. The first-order valence-electron chi connectivity index (χ1n) is 5.71. The molecule has 2 rings (SSSR count). The van der Waals surface area contributed by atoms with Crippen LogP contribution >= 0.6 is 0 Å². The van der Waals surface area contributed by atoms with Gasteiger partial charge in [-0.05, 0) is 32.8 Å². The van der Waals surface area contributed by atoms with Crippen LogP contribution in [0, 0.1) is 13.8 Å². The first-order valence-corrected chi connectivity index (χ1v) is 5.71. The van der Waals surface area contributed by atoms with Gasteiger partial charge in [0.15, 0.2) is 0 Å². The quantitative estimate of drug-likeness (QED) is 0.816. The lowest BCUT2D eigenvalue weighted by atomic mass is 10.2. The van der Waals surface area contributed by atoms with E-state index < -0.39 is 0 Å². The van der Waals surface area contributed by atoms with Gasteiger partial charge in [-0.3, -0.25) is 9.59 Å². The lowest BCUT2D eigenvalue weighted by Gasteiger charge is -2.04. The number of aryl methyl sites for hydroxylation is 2. The number of carbonyl (C=O) groups is 2. The van der Waals surface area contributed by atoms with Crippen LogP contribution in [0.2, 0.25) is 0 Å². The maximum absolute atomic E-state index is 11.7. The van der Waals surface area contributed by atoms with Gasteiger partial charge in [-0.2, -0.15) is 0 Å². The molecule has 0 saturated heterocycles. The van der Waals surface area contributed by atoms with Crippen molar-refractivity contribution in [2.24, 2.45) is 0 Å². The van der Waals surface area contributed by atoms with Gasteiger partial charge >= 0.3 is 0 Å². The van der Waals surface area contributed by atoms with Crippen molar-refractivity contribution in [3.8, 4) is 0 Å². The fourth-order valence-electron chi connectivity index (χ4n) is 1.62. The fraction of sp³-hybridized carbons (Fsp3) is 0.500. The van der Waals surface area contributed by atoms with E-state index in [0.29, 0.717) is 23.1 Å². The molecule has 0 aliphatic heterocycles. The van der Waals surface area contributed by atoms with Crippen LogP contribution in [0.5, 0.6) is 0 Å². The normalized spacial score (nSPS) is 14.5. The van der Waals surface area contributed by atoms with Crippen molar-refractivity contribution >= 4 is 11.8 Å². The highest BCUT2D eigenvalue weighted by Gasteiger charge is 2.23. The third-order valence-electron chi connectivity index (χ3n) is 2.64. The van der Waals surface area contributed by atoms with Gasteiger partial charge in [0.2, 0.25) is 5.91 Å². The highest BCUT2D eigenvalue weighted by atomic mass is 16.3. The topological polar surface area (TPSA) is 71.3 Å². The van der Waals surface area contributed by atoms with Gasteiger partial charge in [0.05, 0.1) is 12.1 Å². The largest absolute Gasteiger partial charge is 0.466 e. The van der Waals surface area contributed by atoms with E-state index in [9.17, 15) is 9.59 Å². The molecule has 0 aromatic carbocycles. The zero-order chi connectivity index (χ0) is 12.4. The van der Waals surface area contributed by atoms with Crippen LogP contribution in [0.4, 0.5) is 0 Å². The van der Waals surface area contributed by atoms with Crippen LogP contribution < -0.4 is 10.6 Å². The smallest absolute Gasteiger partial charge is 0.255 e. The van der Waals surface area contributed by atoms with Crippen LogP contribution in [-0.4, -0.2) is 24.4 Å². The molecule has 1 heterocycles. The molecule has 1 saturated carbocycles. The number of amides is 2. The molecule has 5 heteroatoms.